The maximum Gasteiger partial charge on any atom is 0.0914 e. The maximum atomic E-state index is 10.2. The first-order valence-corrected chi connectivity index (χ1v) is 8.01. The fraction of sp³-hybridized carbons (Fsp3) is 0.500. The fourth-order valence-electron chi connectivity index (χ4n) is 2.66. The van der Waals surface area contributed by atoms with Crippen LogP contribution >= 0.6 is 0 Å². The third-order valence-electron chi connectivity index (χ3n) is 4.07. The molecule has 0 radical (unpaired) electrons. The van der Waals surface area contributed by atoms with Gasteiger partial charge in [0.25, 0.3) is 0 Å². The van der Waals surface area contributed by atoms with E-state index in [-0.39, 0.29) is 0 Å². The summed E-state index contributed by atoms with van der Waals surface area (Å²) in [6.07, 6.45) is 0.605. The van der Waals surface area contributed by atoms with Gasteiger partial charge in [-0.1, -0.05) is 36.8 Å². The number of hydrogen-bond donors (Lipinski definition) is 2. The van der Waals surface area contributed by atoms with Gasteiger partial charge in [-0.3, -0.25) is 4.68 Å². The lowest BCUT2D eigenvalue weighted by atomic mass is 10.1. The second kappa shape index (κ2) is 7.56. The molecule has 2 N–H and O–H groups in total. The molecule has 0 saturated heterocycles. The molecule has 0 saturated carbocycles. The van der Waals surface area contributed by atoms with E-state index >= 15 is 0 Å². The number of nitrogens with zero attached hydrogens (tertiary/aromatic N) is 2. The molecule has 1 unspecified atom stereocenters. The lowest BCUT2D eigenvalue weighted by Crippen LogP contribution is -2.21. The molecule has 4 nitrogen and oxygen atoms in total. The predicted molar refractivity (Wildman–Crippen MR) is 89.8 cm³/mol. The van der Waals surface area contributed by atoms with E-state index in [1.807, 2.05) is 38.1 Å². The van der Waals surface area contributed by atoms with Crippen molar-refractivity contribution in [1.29, 1.82) is 0 Å². The molecule has 0 spiro atoms. The van der Waals surface area contributed by atoms with Crippen LogP contribution in [-0.2, 0) is 13.1 Å². The minimum absolute atomic E-state index is 0.480. The zero-order valence-corrected chi connectivity index (χ0v) is 14.1. The summed E-state index contributed by atoms with van der Waals surface area (Å²) in [6.45, 7) is 10.6. The Morgan fingerprint density at radius 2 is 1.86 bits per heavy atom. The van der Waals surface area contributed by atoms with Crippen LogP contribution in [0, 0.1) is 20.8 Å². The molecule has 0 bridgehead atoms. The molecule has 0 aliphatic heterocycles. The van der Waals surface area contributed by atoms with Crippen molar-refractivity contribution in [1.82, 2.24) is 15.1 Å². The van der Waals surface area contributed by atoms with Gasteiger partial charge in [0.05, 0.1) is 11.8 Å². The van der Waals surface area contributed by atoms with Gasteiger partial charge in [-0.2, -0.15) is 5.10 Å². The van der Waals surface area contributed by atoms with E-state index in [0.717, 1.165) is 30.8 Å². The van der Waals surface area contributed by atoms with Gasteiger partial charge in [0, 0.05) is 30.9 Å². The van der Waals surface area contributed by atoms with Crippen LogP contribution < -0.4 is 5.32 Å². The largest absolute Gasteiger partial charge is 0.387 e. The Bertz CT molecular complexity index is 602. The molecular formula is C18H27N3O. The van der Waals surface area contributed by atoms with E-state index in [1.54, 1.807) is 0 Å². The molecule has 22 heavy (non-hydrogen) atoms. The molecule has 0 fully saturated rings. The molecule has 120 valence electrons. The van der Waals surface area contributed by atoms with Crippen LogP contribution in [0.25, 0.3) is 0 Å². The summed E-state index contributed by atoms with van der Waals surface area (Å²) in [7, 11) is 0. The van der Waals surface area contributed by atoms with Crippen molar-refractivity contribution in [2.75, 3.05) is 6.54 Å². The van der Waals surface area contributed by atoms with Crippen LogP contribution in [0.4, 0.5) is 0 Å². The molecule has 0 aliphatic carbocycles. The minimum Gasteiger partial charge on any atom is -0.387 e. The van der Waals surface area contributed by atoms with Crippen LogP contribution in [-0.4, -0.2) is 21.4 Å². The molecule has 0 aliphatic rings. The highest BCUT2D eigenvalue weighted by molar-refractivity contribution is 5.25. The number of aromatic nitrogens is 2. The van der Waals surface area contributed by atoms with E-state index in [0.29, 0.717) is 6.54 Å². The molecular weight excluding hydrogens is 274 g/mol. The number of aliphatic hydroxyl groups is 1. The van der Waals surface area contributed by atoms with Gasteiger partial charge in [-0.05, 0) is 32.8 Å². The van der Waals surface area contributed by atoms with Crippen molar-refractivity contribution in [3.05, 3.63) is 52.3 Å². The van der Waals surface area contributed by atoms with Crippen LogP contribution in [0.2, 0.25) is 0 Å². The lowest BCUT2D eigenvalue weighted by Gasteiger charge is -2.13. The maximum absolute atomic E-state index is 10.2. The van der Waals surface area contributed by atoms with Crippen LogP contribution in [0.5, 0.6) is 0 Å². The number of nitrogens with one attached hydrogen (secondary N) is 1. The highest BCUT2D eigenvalue weighted by Gasteiger charge is 2.12. The van der Waals surface area contributed by atoms with Crippen molar-refractivity contribution in [3.8, 4) is 0 Å². The zero-order chi connectivity index (χ0) is 16.1. The monoisotopic (exact) mass is 301 g/mol. The van der Waals surface area contributed by atoms with Crippen molar-refractivity contribution in [3.63, 3.8) is 0 Å². The summed E-state index contributed by atoms with van der Waals surface area (Å²) >= 11 is 0. The smallest absolute Gasteiger partial charge is 0.0914 e. The van der Waals surface area contributed by atoms with Crippen LogP contribution in [0.3, 0.4) is 0 Å². The average Bonchev–Trinajstić information content (AvgIpc) is 2.75. The Hall–Kier alpha value is -1.65. The van der Waals surface area contributed by atoms with Crippen molar-refractivity contribution in [2.24, 2.45) is 0 Å². The second-order valence-electron chi connectivity index (χ2n) is 5.93. The molecule has 2 aromatic rings. The number of benzene rings is 1. The van der Waals surface area contributed by atoms with Gasteiger partial charge in [0.2, 0.25) is 0 Å². The summed E-state index contributed by atoms with van der Waals surface area (Å²) in [4.78, 5) is 0. The first-order valence-electron chi connectivity index (χ1n) is 8.01. The third kappa shape index (κ3) is 3.96. The normalized spacial score (nSPS) is 12.6. The third-order valence-corrected chi connectivity index (χ3v) is 4.07. The molecule has 1 atom stereocenters. The Balaban J connectivity index is 1.92. The van der Waals surface area contributed by atoms with Gasteiger partial charge >= 0.3 is 0 Å². The topological polar surface area (TPSA) is 50.1 Å². The van der Waals surface area contributed by atoms with E-state index in [9.17, 15) is 5.11 Å². The summed E-state index contributed by atoms with van der Waals surface area (Å²) < 4.78 is 2.07. The average molecular weight is 301 g/mol. The van der Waals surface area contributed by atoms with Crippen molar-refractivity contribution < 1.29 is 5.11 Å². The lowest BCUT2D eigenvalue weighted by molar-refractivity contribution is 0.174. The summed E-state index contributed by atoms with van der Waals surface area (Å²) in [6, 6.07) is 8.03. The minimum atomic E-state index is -0.480. The first-order chi connectivity index (χ1) is 10.5. The van der Waals surface area contributed by atoms with Crippen LogP contribution in [0.1, 0.15) is 47.5 Å². The fourth-order valence-corrected chi connectivity index (χ4v) is 2.66. The van der Waals surface area contributed by atoms with E-state index in [4.69, 9.17) is 0 Å². The Kier molecular flexibility index (Phi) is 5.75. The number of rotatable bonds is 7. The molecule has 0 amide bonds. The second-order valence-corrected chi connectivity index (χ2v) is 5.93. The number of aliphatic hydroxyl groups excluding tert-OH is 1. The molecule has 4 heteroatoms. The quantitative estimate of drug-likeness (QED) is 0.826. The molecule has 2 rings (SSSR count). The van der Waals surface area contributed by atoms with Gasteiger partial charge in [-0.15, -0.1) is 0 Å². The summed E-state index contributed by atoms with van der Waals surface area (Å²) in [5.74, 6) is 0. The van der Waals surface area contributed by atoms with E-state index in [2.05, 4.69) is 28.9 Å². The van der Waals surface area contributed by atoms with Gasteiger partial charge in [0.1, 0.15) is 0 Å². The number of aryl methyl sites for hydroxylation is 3. The first kappa shape index (κ1) is 16.7. The molecule has 1 aromatic heterocycles. The SMILES string of the molecule is CCCn1nc(C)c(CNCC(O)c2ccc(C)cc2)c1C. The number of hydrogen-bond acceptors (Lipinski definition) is 3. The summed E-state index contributed by atoms with van der Waals surface area (Å²) in [5.41, 5.74) is 5.69. The van der Waals surface area contributed by atoms with Crippen LogP contribution in [0.15, 0.2) is 24.3 Å². The highest BCUT2D eigenvalue weighted by Crippen LogP contribution is 2.15. The highest BCUT2D eigenvalue weighted by atomic mass is 16.3. The van der Waals surface area contributed by atoms with Crippen molar-refractivity contribution >= 4 is 0 Å². The van der Waals surface area contributed by atoms with E-state index < -0.39 is 6.10 Å². The predicted octanol–water partition coefficient (Wildman–Crippen LogP) is 3.04. The van der Waals surface area contributed by atoms with Crippen molar-refractivity contribution in [2.45, 2.75) is 53.3 Å². The Morgan fingerprint density at radius 1 is 1.18 bits per heavy atom. The molecule has 1 heterocycles. The zero-order valence-electron chi connectivity index (χ0n) is 14.1. The van der Waals surface area contributed by atoms with E-state index in [1.165, 1.54) is 16.8 Å². The van der Waals surface area contributed by atoms with Gasteiger partial charge in [-0.25, -0.2) is 0 Å². The van der Waals surface area contributed by atoms with Gasteiger partial charge in [0.15, 0.2) is 0 Å². The summed E-state index contributed by atoms with van der Waals surface area (Å²) in [5, 5.41) is 18.2. The standard InChI is InChI=1S/C18H27N3O/c1-5-10-21-15(4)17(14(3)20-21)11-19-12-18(22)16-8-6-13(2)7-9-16/h6-9,18-19,22H,5,10-12H2,1-4H3. The Labute approximate surface area is 133 Å². The molecule has 1 aromatic carbocycles. The van der Waals surface area contributed by atoms with Gasteiger partial charge < -0.3 is 10.4 Å². The Morgan fingerprint density at radius 3 is 2.50 bits per heavy atom.